The Kier molecular flexibility index (Phi) is 8.32. The molecule has 10 nitrogen and oxygen atoms in total. The van der Waals surface area contributed by atoms with Gasteiger partial charge in [0.2, 0.25) is 0 Å². The second-order valence-electron chi connectivity index (χ2n) is 8.96. The Hall–Kier alpha value is -3.01. The van der Waals surface area contributed by atoms with E-state index in [4.69, 9.17) is 9.47 Å². The summed E-state index contributed by atoms with van der Waals surface area (Å²) in [6.45, 7) is 1.36. The smallest absolute Gasteiger partial charge is 0.349 e. The predicted octanol–water partition coefficient (Wildman–Crippen LogP) is 4.23. The van der Waals surface area contributed by atoms with Crippen LogP contribution in [0.5, 0.6) is 0 Å². The molecular weight excluding hydrogens is 573 g/mol. The number of aromatic nitrogens is 3. The Morgan fingerprint density at radius 2 is 1.70 bits per heavy atom. The Labute approximate surface area is 222 Å². The van der Waals surface area contributed by atoms with E-state index >= 15 is 0 Å². The van der Waals surface area contributed by atoms with E-state index in [1.165, 1.54) is 6.92 Å². The maximum Gasteiger partial charge on any atom is 0.454 e. The van der Waals surface area contributed by atoms with E-state index in [-0.39, 0.29) is 41.6 Å². The molecule has 4 rings (SSSR count). The normalized spacial score (nSPS) is 20.0. The maximum atomic E-state index is 13.4. The van der Waals surface area contributed by atoms with Crippen molar-refractivity contribution in [3.8, 4) is 0 Å². The van der Waals surface area contributed by atoms with E-state index in [1.807, 2.05) is 0 Å². The largest absolute Gasteiger partial charge is 0.454 e. The highest BCUT2D eigenvalue weighted by atomic mass is 31.2. The van der Waals surface area contributed by atoms with Crippen molar-refractivity contribution in [3.63, 3.8) is 0 Å². The summed E-state index contributed by atoms with van der Waals surface area (Å²) >= 11 is 0. The van der Waals surface area contributed by atoms with Crippen molar-refractivity contribution in [2.24, 2.45) is 0 Å². The van der Waals surface area contributed by atoms with E-state index in [0.717, 1.165) is 0 Å². The Balaban J connectivity index is 1.66. The number of nitrogens with zero attached hydrogens (tertiary/aromatic N) is 3. The van der Waals surface area contributed by atoms with E-state index in [2.05, 4.69) is 10.1 Å². The van der Waals surface area contributed by atoms with Crippen LogP contribution in [0.2, 0.25) is 0 Å². The molecule has 0 spiro atoms. The molecule has 0 bridgehead atoms. The molecule has 3 N–H and O–H groups in total. The van der Waals surface area contributed by atoms with Gasteiger partial charge in [-0.1, -0.05) is 30.3 Å². The second kappa shape index (κ2) is 11.1. The Morgan fingerprint density at radius 3 is 2.23 bits per heavy atom. The van der Waals surface area contributed by atoms with Gasteiger partial charge in [0.1, 0.15) is 5.82 Å². The summed E-state index contributed by atoms with van der Waals surface area (Å²) in [5.74, 6) is -0.101. The van der Waals surface area contributed by atoms with Crippen LogP contribution in [0.1, 0.15) is 47.1 Å². The first kappa shape index (κ1) is 30.0. The van der Waals surface area contributed by atoms with Crippen LogP contribution in [0.3, 0.4) is 0 Å². The molecule has 1 aliphatic rings. The molecule has 2 aromatic carbocycles. The third-order valence-corrected chi connectivity index (χ3v) is 6.88. The molecule has 2 heterocycles. The molecule has 17 heteroatoms. The number of H-pyrrole nitrogens is 1. The fourth-order valence-corrected chi connectivity index (χ4v) is 4.80. The average Bonchev–Trinajstić information content (AvgIpc) is 3.24. The quantitative estimate of drug-likeness (QED) is 0.273. The van der Waals surface area contributed by atoms with Crippen molar-refractivity contribution in [2.75, 3.05) is 13.2 Å². The van der Waals surface area contributed by atoms with Crippen molar-refractivity contribution in [3.05, 3.63) is 87.1 Å². The SMILES string of the molecule is C[C@H](O[C@@H]1OCCN(Cc2nn(P(=O)(O)O)c(=O)[nH]2)[C@H]1c1ccccc1)c1cc(C(F)(F)F)cc(C(F)(F)F)c1. The van der Waals surface area contributed by atoms with E-state index in [0.29, 0.717) is 17.7 Å². The first-order valence-electron chi connectivity index (χ1n) is 11.6. The lowest BCUT2D eigenvalue weighted by Crippen LogP contribution is -2.46. The average molecular weight is 596 g/mol. The van der Waals surface area contributed by atoms with Crippen LogP contribution < -0.4 is 5.69 Å². The van der Waals surface area contributed by atoms with Crippen LogP contribution in [-0.4, -0.2) is 48.7 Å². The minimum atomic E-state index is -5.03. The lowest BCUT2D eigenvalue weighted by molar-refractivity contribution is -0.231. The van der Waals surface area contributed by atoms with Crippen molar-refractivity contribution in [1.29, 1.82) is 0 Å². The van der Waals surface area contributed by atoms with Crippen LogP contribution in [0, 0.1) is 0 Å². The Morgan fingerprint density at radius 1 is 1.10 bits per heavy atom. The number of hydrogen-bond acceptors (Lipinski definition) is 6. The minimum Gasteiger partial charge on any atom is -0.349 e. The number of aromatic amines is 1. The van der Waals surface area contributed by atoms with E-state index < -0.39 is 55.4 Å². The van der Waals surface area contributed by atoms with Crippen molar-refractivity contribution >= 4 is 7.75 Å². The molecule has 1 fully saturated rings. The predicted molar refractivity (Wildman–Crippen MR) is 126 cm³/mol. The summed E-state index contributed by atoms with van der Waals surface area (Å²) < 4.78 is 103. The van der Waals surface area contributed by atoms with E-state index in [1.54, 1.807) is 35.2 Å². The van der Waals surface area contributed by atoms with Crippen LogP contribution >= 0.6 is 7.75 Å². The molecular formula is C23H23F6N4O6P. The summed E-state index contributed by atoms with van der Waals surface area (Å²) in [5, 5.41) is 3.65. The molecule has 3 aromatic rings. The van der Waals surface area contributed by atoms with Gasteiger partial charge >= 0.3 is 25.8 Å². The summed E-state index contributed by atoms with van der Waals surface area (Å²) in [6, 6.07) is 8.87. The molecule has 40 heavy (non-hydrogen) atoms. The number of ether oxygens (including phenoxy) is 2. The zero-order chi connectivity index (χ0) is 29.5. The molecule has 218 valence electrons. The zero-order valence-corrected chi connectivity index (χ0v) is 21.5. The topological polar surface area (TPSA) is 130 Å². The molecule has 1 saturated heterocycles. The molecule has 0 unspecified atom stereocenters. The van der Waals surface area contributed by atoms with Crippen LogP contribution in [0.4, 0.5) is 26.3 Å². The zero-order valence-electron chi connectivity index (χ0n) is 20.6. The molecule has 1 aromatic heterocycles. The standard InChI is InChI=1S/C23H23F6N4O6P/c1-13(15-9-16(22(24,25)26)11-17(10-15)23(27,28)29)39-20-19(14-5-3-2-4-6-14)32(7-8-38-20)12-18-30-21(34)33(31-18)40(35,36)37/h2-6,9-11,13,19-20H,7-8,12H2,1H3,(H,30,31,34)(H2,35,36,37)/t13-,19-,20-/m0/s1. The lowest BCUT2D eigenvalue weighted by Gasteiger charge is -2.41. The summed E-state index contributed by atoms with van der Waals surface area (Å²) in [4.78, 5) is 34.5. The van der Waals surface area contributed by atoms with Gasteiger partial charge in [-0.3, -0.25) is 9.88 Å². The van der Waals surface area contributed by atoms with Crippen LogP contribution in [-0.2, 0) is 32.9 Å². The highest BCUT2D eigenvalue weighted by Crippen LogP contribution is 2.40. The van der Waals surface area contributed by atoms with Gasteiger partial charge in [0.25, 0.3) is 0 Å². The van der Waals surface area contributed by atoms with Crippen molar-refractivity contribution < 1.29 is 50.2 Å². The number of halogens is 6. The fourth-order valence-electron chi connectivity index (χ4n) is 4.29. The minimum absolute atomic E-state index is 0.00222. The fraction of sp³-hybridized carbons (Fsp3) is 0.391. The van der Waals surface area contributed by atoms with Gasteiger partial charge in [-0.25, -0.2) is 9.36 Å². The van der Waals surface area contributed by atoms with Gasteiger partial charge in [0, 0.05) is 6.54 Å². The number of alkyl halides is 6. The molecule has 0 radical (unpaired) electrons. The monoisotopic (exact) mass is 596 g/mol. The molecule has 0 amide bonds. The molecule has 0 aliphatic carbocycles. The van der Waals surface area contributed by atoms with Gasteiger partial charge in [0.15, 0.2) is 6.29 Å². The molecule has 3 atom stereocenters. The van der Waals surface area contributed by atoms with Gasteiger partial charge in [-0.2, -0.15) is 26.3 Å². The van der Waals surface area contributed by atoms with Gasteiger partial charge in [-0.05, 0) is 36.2 Å². The lowest BCUT2D eigenvalue weighted by atomic mass is 10.0. The van der Waals surface area contributed by atoms with Crippen molar-refractivity contribution in [2.45, 2.75) is 44.3 Å². The molecule has 0 saturated carbocycles. The number of nitrogens with one attached hydrogen (secondary N) is 1. The highest BCUT2D eigenvalue weighted by Gasteiger charge is 2.39. The number of rotatable bonds is 7. The van der Waals surface area contributed by atoms with E-state index in [9.17, 15) is 45.5 Å². The van der Waals surface area contributed by atoms with Gasteiger partial charge < -0.3 is 19.3 Å². The third-order valence-electron chi connectivity index (χ3n) is 6.12. The number of benzene rings is 2. The van der Waals surface area contributed by atoms with Gasteiger partial charge in [-0.15, -0.1) is 9.55 Å². The summed E-state index contributed by atoms with van der Waals surface area (Å²) in [6.07, 6.45) is -12.6. The first-order chi connectivity index (χ1) is 18.5. The number of morpholine rings is 1. The molecule has 1 aliphatic heterocycles. The maximum absolute atomic E-state index is 13.4. The summed E-state index contributed by atoms with van der Waals surface area (Å²) in [7, 11) is -5.03. The van der Waals surface area contributed by atoms with Crippen LogP contribution in [0.15, 0.2) is 53.3 Å². The van der Waals surface area contributed by atoms with Gasteiger partial charge in [0.05, 0.1) is 36.4 Å². The highest BCUT2D eigenvalue weighted by molar-refractivity contribution is 7.49. The Bertz CT molecular complexity index is 1410. The van der Waals surface area contributed by atoms with Crippen LogP contribution in [0.25, 0.3) is 0 Å². The first-order valence-corrected chi connectivity index (χ1v) is 13.2. The number of hydrogen-bond donors (Lipinski definition) is 3. The second-order valence-corrected chi connectivity index (χ2v) is 10.4. The summed E-state index contributed by atoms with van der Waals surface area (Å²) in [5.41, 5.74) is -3.89. The third kappa shape index (κ3) is 6.82. The van der Waals surface area contributed by atoms with Crippen molar-refractivity contribution in [1.82, 2.24) is 19.4 Å².